The molecule has 1 unspecified atom stereocenters. The number of pyridine rings is 1. The molecule has 0 aliphatic rings. The van der Waals surface area contributed by atoms with Gasteiger partial charge in [-0.15, -0.1) is 0 Å². The standard InChI is InChI=1S/C8H12N2O2S/c1-12-6-7-13(9,11)8-4-2-3-5-10-8/h2-5,9H,6-7H2,1H3. The summed E-state index contributed by atoms with van der Waals surface area (Å²) in [6, 6.07) is 5.06. The fourth-order valence-corrected chi connectivity index (χ4v) is 1.99. The van der Waals surface area contributed by atoms with E-state index in [1.54, 1.807) is 18.2 Å². The molecule has 0 amide bonds. The van der Waals surface area contributed by atoms with Crippen LogP contribution in [0.5, 0.6) is 0 Å². The monoisotopic (exact) mass is 200 g/mol. The lowest BCUT2D eigenvalue weighted by molar-refractivity contribution is 0.217. The van der Waals surface area contributed by atoms with Crippen LogP contribution in [0.1, 0.15) is 0 Å². The summed E-state index contributed by atoms with van der Waals surface area (Å²) in [5, 5.41) is 0.326. The molecule has 1 heterocycles. The van der Waals surface area contributed by atoms with Gasteiger partial charge in [0.2, 0.25) is 0 Å². The van der Waals surface area contributed by atoms with Crippen LogP contribution in [0, 0.1) is 4.78 Å². The van der Waals surface area contributed by atoms with Crippen LogP contribution in [0.4, 0.5) is 0 Å². The summed E-state index contributed by atoms with van der Waals surface area (Å²) >= 11 is 0. The normalized spacial score (nSPS) is 15.2. The summed E-state index contributed by atoms with van der Waals surface area (Å²) in [5.74, 6) is 0.195. The van der Waals surface area contributed by atoms with Crippen molar-refractivity contribution in [2.24, 2.45) is 0 Å². The number of methoxy groups -OCH3 is 1. The highest BCUT2D eigenvalue weighted by Crippen LogP contribution is 2.06. The lowest BCUT2D eigenvalue weighted by Gasteiger charge is -2.04. The van der Waals surface area contributed by atoms with E-state index in [1.165, 1.54) is 13.3 Å². The van der Waals surface area contributed by atoms with Crippen LogP contribution in [0.3, 0.4) is 0 Å². The Labute approximate surface area is 77.9 Å². The van der Waals surface area contributed by atoms with Gasteiger partial charge in [-0.05, 0) is 12.1 Å². The van der Waals surface area contributed by atoms with Crippen molar-refractivity contribution in [1.82, 2.24) is 4.98 Å². The van der Waals surface area contributed by atoms with Gasteiger partial charge >= 0.3 is 0 Å². The van der Waals surface area contributed by atoms with Crippen LogP contribution in [0.15, 0.2) is 29.4 Å². The summed E-state index contributed by atoms with van der Waals surface area (Å²) < 4.78 is 24.0. The predicted octanol–water partition coefficient (Wildman–Crippen LogP) is 1.13. The smallest absolute Gasteiger partial charge is 0.135 e. The zero-order valence-corrected chi connectivity index (χ0v) is 8.21. The molecule has 0 spiro atoms. The number of nitrogens with zero attached hydrogens (tertiary/aromatic N) is 1. The lowest BCUT2D eigenvalue weighted by atomic mass is 10.5. The molecule has 72 valence electrons. The predicted molar refractivity (Wildman–Crippen MR) is 50.1 cm³/mol. The van der Waals surface area contributed by atoms with Crippen LogP contribution < -0.4 is 0 Å². The van der Waals surface area contributed by atoms with Crippen molar-refractivity contribution in [2.45, 2.75) is 5.03 Å². The van der Waals surface area contributed by atoms with E-state index >= 15 is 0 Å². The molecule has 1 atom stereocenters. The van der Waals surface area contributed by atoms with E-state index < -0.39 is 9.73 Å². The SMILES string of the molecule is COCCS(=N)(=O)c1ccccn1. The first-order valence-corrected chi connectivity index (χ1v) is 5.56. The minimum atomic E-state index is -2.76. The largest absolute Gasteiger partial charge is 0.384 e. The zero-order chi connectivity index (χ0) is 9.73. The highest BCUT2D eigenvalue weighted by molar-refractivity contribution is 7.92. The first-order valence-electron chi connectivity index (χ1n) is 3.83. The van der Waals surface area contributed by atoms with E-state index in [-0.39, 0.29) is 5.75 Å². The third-order valence-corrected chi connectivity index (χ3v) is 3.21. The van der Waals surface area contributed by atoms with E-state index in [9.17, 15) is 4.21 Å². The number of nitrogens with one attached hydrogen (secondary N) is 1. The zero-order valence-electron chi connectivity index (χ0n) is 7.40. The van der Waals surface area contributed by atoms with E-state index in [2.05, 4.69) is 4.98 Å². The Bertz CT molecular complexity index is 348. The minimum absolute atomic E-state index is 0.195. The molecule has 0 bridgehead atoms. The first-order chi connectivity index (χ1) is 6.17. The lowest BCUT2D eigenvalue weighted by Crippen LogP contribution is -2.11. The molecule has 0 saturated heterocycles. The molecule has 13 heavy (non-hydrogen) atoms. The Balaban J connectivity index is 2.83. The molecule has 1 aromatic heterocycles. The quantitative estimate of drug-likeness (QED) is 0.792. The van der Waals surface area contributed by atoms with Crippen molar-refractivity contribution in [3.8, 4) is 0 Å². The Kier molecular flexibility index (Phi) is 3.39. The van der Waals surface area contributed by atoms with Gasteiger partial charge in [0.25, 0.3) is 0 Å². The number of ether oxygens (including phenoxy) is 1. The summed E-state index contributed by atoms with van der Waals surface area (Å²) in [6.45, 7) is 0.318. The molecule has 0 aliphatic carbocycles. The minimum Gasteiger partial charge on any atom is -0.384 e. The van der Waals surface area contributed by atoms with Crippen LogP contribution >= 0.6 is 0 Å². The van der Waals surface area contributed by atoms with Crippen LogP contribution in [-0.4, -0.2) is 28.7 Å². The van der Waals surface area contributed by atoms with Crippen molar-refractivity contribution in [1.29, 1.82) is 4.78 Å². The van der Waals surface area contributed by atoms with E-state index in [1.807, 2.05) is 0 Å². The third kappa shape index (κ3) is 2.78. The number of rotatable bonds is 4. The molecule has 1 N–H and O–H groups in total. The van der Waals surface area contributed by atoms with Gasteiger partial charge in [-0.3, -0.25) is 0 Å². The fraction of sp³-hybridized carbons (Fsp3) is 0.375. The molecular weight excluding hydrogens is 188 g/mol. The second-order valence-electron chi connectivity index (χ2n) is 2.54. The second kappa shape index (κ2) is 4.34. The molecule has 4 nitrogen and oxygen atoms in total. The summed E-state index contributed by atoms with van der Waals surface area (Å²) in [6.07, 6.45) is 1.54. The number of hydrogen-bond donors (Lipinski definition) is 1. The molecule has 1 aromatic rings. The number of hydrogen-bond acceptors (Lipinski definition) is 4. The molecule has 0 aliphatic heterocycles. The molecule has 0 aromatic carbocycles. The van der Waals surface area contributed by atoms with E-state index in [0.717, 1.165) is 0 Å². The molecule has 5 heteroatoms. The number of aromatic nitrogens is 1. The van der Waals surface area contributed by atoms with Gasteiger partial charge in [-0.2, -0.15) is 0 Å². The van der Waals surface area contributed by atoms with Crippen molar-refractivity contribution in [3.63, 3.8) is 0 Å². The third-order valence-electron chi connectivity index (χ3n) is 1.55. The van der Waals surface area contributed by atoms with Gasteiger partial charge < -0.3 is 4.74 Å². The molecule has 0 radical (unpaired) electrons. The summed E-state index contributed by atoms with van der Waals surface area (Å²) in [5.41, 5.74) is 0. The van der Waals surface area contributed by atoms with Crippen molar-refractivity contribution >= 4 is 9.73 Å². The Hall–Kier alpha value is -0.940. The molecular formula is C8H12N2O2S. The summed E-state index contributed by atoms with van der Waals surface area (Å²) in [4.78, 5) is 3.88. The Morgan fingerprint density at radius 3 is 2.92 bits per heavy atom. The molecule has 1 rings (SSSR count). The van der Waals surface area contributed by atoms with E-state index in [4.69, 9.17) is 9.52 Å². The van der Waals surface area contributed by atoms with Gasteiger partial charge in [-0.25, -0.2) is 14.0 Å². The van der Waals surface area contributed by atoms with Gasteiger partial charge in [0, 0.05) is 13.3 Å². The van der Waals surface area contributed by atoms with Gasteiger partial charge in [0.15, 0.2) is 0 Å². The average Bonchev–Trinajstić information content (AvgIpc) is 2.16. The Morgan fingerprint density at radius 2 is 2.38 bits per heavy atom. The highest BCUT2D eigenvalue weighted by atomic mass is 32.2. The van der Waals surface area contributed by atoms with Crippen LogP contribution in [0.25, 0.3) is 0 Å². The van der Waals surface area contributed by atoms with Crippen molar-refractivity contribution < 1.29 is 8.95 Å². The van der Waals surface area contributed by atoms with Crippen molar-refractivity contribution in [2.75, 3.05) is 19.5 Å². The average molecular weight is 200 g/mol. The van der Waals surface area contributed by atoms with Gasteiger partial charge in [-0.1, -0.05) is 6.07 Å². The van der Waals surface area contributed by atoms with Crippen molar-refractivity contribution in [3.05, 3.63) is 24.4 Å². The second-order valence-corrected chi connectivity index (χ2v) is 4.72. The maximum atomic E-state index is 11.7. The summed E-state index contributed by atoms with van der Waals surface area (Å²) in [7, 11) is -1.24. The fourth-order valence-electron chi connectivity index (χ4n) is 0.847. The topological polar surface area (TPSA) is 63.0 Å². The maximum absolute atomic E-state index is 11.7. The van der Waals surface area contributed by atoms with Crippen LogP contribution in [-0.2, 0) is 14.5 Å². The van der Waals surface area contributed by atoms with Gasteiger partial charge in [0.05, 0.1) is 22.1 Å². The van der Waals surface area contributed by atoms with Gasteiger partial charge in [0.1, 0.15) is 5.03 Å². The van der Waals surface area contributed by atoms with Crippen LogP contribution in [0.2, 0.25) is 0 Å². The molecule has 0 saturated carbocycles. The van der Waals surface area contributed by atoms with E-state index in [0.29, 0.717) is 11.6 Å². The Morgan fingerprint density at radius 1 is 1.62 bits per heavy atom. The maximum Gasteiger partial charge on any atom is 0.135 e. The first kappa shape index (κ1) is 10.1. The highest BCUT2D eigenvalue weighted by Gasteiger charge is 2.09. The molecule has 0 fully saturated rings.